The number of hydrogen-bond donors (Lipinski definition) is 0. The van der Waals surface area contributed by atoms with E-state index in [-0.39, 0.29) is 0 Å². The van der Waals surface area contributed by atoms with Gasteiger partial charge in [0.05, 0.1) is 0 Å². The number of halogens is 2. The minimum atomic E-state index is 0.330. The van der Waals surface area contributed by atoms with E-state index in [1.165, 1.54) is 11.1 Å². The summed E-state index contributed by atoms with van der Waals surface area (Å²) >= 11 is 11.8. The number of hydrogen-bond acceptors (Lipinski definition) is 0. The Hall–Kier alpha value is -0.980. The van der Waals surface area contributed by atoms with Gasteiger partial charge in [-0.05, 0) is 35.4 Å². The summed E-state index contributed by atoms with van der Waals surface area (Å²) in [5.74, 6) is 0.330. The van der Waals surface area contributed by atoms with E-state index in [0.717, 1.165) is 10.0 Å². The highest BCUT2D eigenvalue weighted by Gasteiger charge is 2.08. The zero-order valence-electron chi connectivity index (χ0n) is 8.95. The third-order valence-electron chi connectivity index (χ3n) is 2.72. The van der Waals surface area contributed by atoms with Crippen LogP contribution < -0.4 is 0 Å². The van der Waals surface area contributed by atoms with E-state index in [1.54, 1.807) is 0 Å². The highest BCUT2D eigenvalue weighted by molar-refractivity contribution is 6.30. The van der Waals surface area contributed by atoms with Crippen LogP contribution in [0.15, 0.2) is 48.5 Å². The van der Waals surface area contributed by atoms with Gasteiger partial charge in [-0.25, -0.2) is 0 Å². The molecule has 16 heavy (non-hydrogen) atoms. The molecule has 2 rings (SSSR count). The molecule has 0 saturated carbocycles. The van der Waals surface area contributed by atoms with E-state index in [0.29, 0.717) is 5.92 Å². The van der Waals surface area contributed by atoms with Gasteiger partial charge in [-0.2, -0.15) is 0 Å². The Morgan fingerprint density at radius 3 is 2.12 bits per heavy atom. The third kappa shape index (κ3) is 2.58. The molecule has 2 aromatic carbocycles. The van der Waals surface area contributed by atoms with Gasteiger partial charge in [0.25, 0.3) is 0 Å². The molecule has 0 aliphatic rings. The molecule has 2 heteroatoms. The topological polar surface area (TPSA) is 0 Å². The van der Waals surface area contributed by atoms with Crippen molar-refractivity contribution in [3.8, 4) is 0 Å². The summed E-state index contributed by atoms with van der Waals surface area (Å²) in [5.41, 5.74) is 2.46. The quantitative estimate of drug-likeness (QED) is 0.692. The van der Waals surface area contributed by atoms with Crippen molar-refractivity contribution in [2.24, 2.45) is 0 Å². The van der Waals surface area contributed by atoms with Gasteiger partial charge in [0, 0.05) is 16.0 Å². The maximum atomic E-state index is 5.98. The first-order valence-corrected chi connectivity index (χ1v) is 5.93. The van der Waals surface area contributed by atoms with E-state index in [9.17, 15) is 0 Å². The molecule has 1 unspecified atom stereocenters. The fourth-order valence-electron chi connectivity index (χ4n) is 1.72. The van der Waals surface area contributed by atoms with Crippen molar-refractivity contribution in [2.45, 2.75) is 12.8 Å². The highest BCUT2D eigenvalue weighted by atomic mass is 35.5. The Bertz CT molecular complexity index is 474. The molecule has 0 heterocycles. The van der Waals surface area contributed by atoms with Crippen LogP contribution in [-0.2, 0) is 0 Å². The molecule has 82 valence electrons. The van der Waals surface area contributed by atoms with Crippen LogP contribution in [0.1, 0.15) is 24.0 Å². The molecule has 0 bridgehead atoms. The molecular weight excluding hydrogens is 239 g/mol. The normalized spacial score (nSPS) is 12.4. The van der Waals surface area contributed by atoms with E-state index in [4.69, 9.17) is 23.2 Å². The Kier molecular flexibility index (Phi) is 3.52. The Labute approximate surface area is 106 Å². The minimum absolute atomic E-state index is 0.330. The molecule has 0 amide bonds. The standard InChI is InChI=1S/C14H12Cl2/c1-10(11-5-7-13(15)8-6-11)12-3-2-4-14(16)9-12/h2-10H,1H3. The molecule has 1 atom stereocenters. The van der Waals surface area contributed by atoms with Crippen LogP contribution in [0, 0.1) is 0 Å². The zero-order valence-corrected chi connectivity index (χ0v) is 10.5. The lowest BCUT2D eigenvalue weighted by atomic mass is 9.93. The monoisotopic (exact) mass is 250 g/mol. The predicted molar refractivity (Wildman–Crippen MR) is 70.4 cm³/mol. The first kappa shape index (κ1) is 11.5. The summed E-state index contributed by atoms with van der Waals surface area (Å²) in [7, 11) is 0. The van der Waals surface area contributed by atoms with Crippen molar-refractivity contribution in [2.75, 3.05) is 0 Å². The van der Waals surface area contributed by atoms with E-state index < -0.39 is 0 Å². The summed E-state index contributed by atoms with van der Waals surface area (Å²) in [5, 5.41) is 1.54. The van der Waals surface area contributed by atoms with Crippen molar-refractivity contribution in [1.82, 2.24) is 0 Å². The first-order chi connectivity index (χ1) is 7.66. The molecule has 2 aromatic rings. The first-order valence-electron chi connectivity index (χ1n) is 5.18. The van der Waals surface area contributed by atoms with Crippen LogP contribution >= 0.6 is 23.2 Å². The molecule has 0 nitrogen and oxygen atoms in total. The molecular formula is C14H12Cl2. The molecule has 0 N–H and O–H groups in total. The SMILES string of the molecule is CC(c1ccc(Cl)cc1)c1cccc(Cl)c1. The maximum Gasteiger partial charge on any atom is 0.0408 e. The lowest BCUT2D eigenvalue weighted by molar-refractivity contribution is 0.922. The maximum absolute atomic E-state index is 5.98. The van der Waals surface area contributed by atoms with Crippen LogP contribution in [0.5, 0.6) is 0 Å². The van der Waals surface area contributed by atoms with Gasteiger partial charge < -0.3 is 0 Å². The number of rotatable bonds is 2. The van der Waals surface area contributed by atoms with Gasteiger partial charge in [-0.3, -0.25) is 0 Å². The smallest absolute Gasteiger partial charge is 0.0408 e. The minimum Gasteiger partial charge on any atom is -0.0843 e. The molecule has 0 radical (unpaired) electrons. The largest absolute Gasteiger partial charge is 0.0843 e. The van der Waals surface area contributed by atoms with Crippen molar-refractivity contribution in [1.29, 1.82) is 0 Å². The van der Waals surface area contributed by atoms with Crippen molar-refractivity contribution in [3.63, 3.8) is 0 Å². The van der Waals surface area contributed by atoms with Crippen LogP contribution in [0.4, 0.5) is 0 Å². The third-order valence-corrected chi connectivity index (χ3v) is 3.21. The average molecular weight is 251 g/mol. The van der Waals surface area contributed by atoms with Gasteiger partial charge in [0.2, 0.25) is 0 Å². The Morgan fingerprint density at radius 1 is 0.812 bits per heavy atom. The predicted octanol–water partition coefficient (Wildman–Crippen LogP) is 5.15. The van der Waals surface area contributed by atoms with Crippen molar-refractivity contribution >= 4 is 23.2 Å². The highest BCUT2D eigenvalue weighted by Crippen LogP contribution is 2.26. The summed E-state index contributed by atoms with van der Waals surface area (Å²) in [6, 6.07) is 15.9. The Morgan fingerprint density at radius 2 is 1.50 bits per heavy atom. The molecule has 0 aliphatic carbocycles. The van der Waals surface area contributed by atoms with Gasteiger partial charge in [-0.15, -0.1) is 0 Å². The van der Waals surface area contributed by atoms with Gasteiger partial charge in [-0.1, -0.05) is 54.4 Å². The summed E-state index contributed by atoms with van der Waals surface area (Å²) < 4.78 is 0. The second kappa shape index (κ2) is 4.90. The fourth-order valence-corrected chi connectivity index (χ4v) is 2.04. The molecule has 0 aliphatic heterocycles. The average Bonchev–Trinajstić information content (AvgIpc) is 2.29. The summed E-state index contributed by atoms with van der Waals surface area (Å²) in [6.07, 6.45) is 0. The lowest BCUT2D eigenvalue weighted by Gasteiger charge is -2.12. The van der Waals surface area contributed by atoms with Crippen molar-refractivity contribution in [3.05, 3.63) is 69.7 Å². The zero-order chi connectivity index (χ0) is 11.5. The van der Waals surface area contributed by atoms with Crippen molar-refractivity contribution < 1.29 is 0 Å². The van der Waals surface area contributed by atoms with E-state index in [2.05, 4.69) is 13.0 Å². The van der Waals surface area contributed by atoms with Crippen LogP contribution in [0.3, 0.4) is 0 Å². The Balaban J connectivity index is 2.31. The summed E-state index contributed by atoms with van der Waals surface area (Å²) in [4.78, 5) is 0. The molecule has 0 spiro atoms. The van der Waals surface area contributed by atoms with Gasteiger partial charge in [0.15, 0.2) is 0 Å². The van der Waals surface area contributed by atoms with Crippen LogP contribution in [0.2, 0.25) is 10.0 Å². The lowest BCUT2D eigenvalue weighted by Crippen LogP contribution is -1.95. The van der Waals surface area contributed by atoms with Crippen LogP contribution in [-0.4, -0.2) is 0 Å². The number of benzene rings is 2. The van der Waals surface area contributed by atoms with Crippen LogP contribution in [0.25, 0.3) is 0 Å². The molecule has 0 fully saturated rings. The van der Waals surface area contributed by atoms with Gasteiger partial charge >= 0.3 is 0 Å². The molecule has 0 saturated heterocycles. The fraction of sp³-hybridized carbons (Fsp3) is 0.143. The van der Waals surface area contributed by atoms with E-state index in [1.807, 2.05) is 42.5 Å². The summed E-state index contributed by atoms with van der Waals surface area (Å²) in [6.45, 7) is 2.16. The molecule has 0 aromatic heterocycles. The van der Waals surface area contributed by atoms with Gasteiger partial charge in [0.1, 0.15) is 0 Å². The van der Waals surface area contributed by atoms with E-state index >= 15 is 0 Å². The second-order valence-corrected chi connectivity index (χ2v) is 4.70. The second-order valence-electron chi connectivity index (χ2n) is 3.83.